The number of alkyl halides is 3. The zero-order chi connectivity index (χ0) is 29.6. The van der Waals surface area contributed by atoms with Crippen LogP contribution in [0.15, 0.2) is 67.0 Å². The van der Waals surface area contributed by atoms with Gasteiger partial charge in [0.15, 0.2) is 11.3 Å². The molecule has 0 aliphatic heterocycles. The Kier molecular flexibility index (Phi) is 6.64. The largest absolute Gasteiger partial charge is 0.484 e. The summed E-state index contributed by atoms with van der Waals surface area (Å²) in [5, 5.41) is 20.2. The molecule has 1 aliphatic rings. The molecule has 214 valence electrons. The van der Waals surface area contributed by atoms with Crippen molar-refractivity contribution < 1.29 is 32.6 Å². The van der Waals surface area contributed by atoms with Crippen molar-refractivity contribution in [2.24, 2.45) is 0 Å². The maximum absolute atomic E-state index is 14.1. The fourth-order valence-corrected chi connectivity index (χ4v) is 5.06. The van der Waals surface area contributed by atoms with E-state index in [2.05, 4.69) is 20.5 Å². The normalized spacial score (nSPS) is 14.9. The van der Waals surface area contributed by atoms with E-state index >= 15 is 0 Å². The van der Waals surface area contributed by atoms with Crippen LogP contribution in [0.3, 0.4) is 0 Å². The Morgan fingerprint density at radius 2 is 1.86 bits per heavy atom. The molecule has 42 heavy (non-hydrogen) atoms. The minimum absolute atomic E-state index is 0.0321. The van der Waals surface area contributed by atoms with Crippen molar-refractivity contribution in [1.29, 1.82) is 0 Å². The van der Waals surface area contributed by atoms with Gasteiger partial charge in [-0.1, -0.05) is 6.07 Å². The highest BCUT2D eigenvalue weighted by Gasteiger charge is 2.42. The molecule has 3 aromatic heterocycles. The summed E-state index contributed by atoms with van der Waals surface area (Å²) in [4.78, 5) is 28.6. The second-order valence-electron chi connectivity index (χ2n) is 9.89. The smallest absolute Gasteiger partial charge is 0.435 e. The number of aromatic nitrogens is 5. The molecule has 0 radical (unpaired) electrons. The Morgan fingerprint density at radius 1 is 1.07 bits per heavy atom. The third-order valence-electron chi connectivity index (χ3n) is 6.92. The van der Waals surface area contributed by atoms with Crippen LogP contribution in [0.2, 0.25) is 0 Å². The van der Waals surface area contributed by atoms with Crippen molar-refractivity contribution in [1.82, 2.24) is 24.4 Å². The van der Waals surface area contributed by atoms with E-state index in [1.807, 2.05) is 6.92 Å². The zero-order valence-electron chi connectivity index (χ0n) is 22.1. The van der Waals surface area contributed by atoms with Crippen LogP contribution in [0.25, 0.3) is 11.3 Å². The summed E-state index contributed by atoms with van der Waals surface area (Å²) in [6.07, 6.45) is -1.38. The molecule has 10 nitrogen and oxygen atoms in total. The SMILES string of the molecule is Cc1cc2ncc(NC(=O)c3cccc(-n4nc(C(F)(F)F)c5c4C(Oc4ccc(C(=O)O)cc4)CCC5)c3)cn2n1. The minimum Gasteiger partial charge on any atom is -0.484 e. The monoisotopic (exact) mass is 576 g/mol. The number of carboxylic acid groups (broad SMARTS) is 1. The van der Waals surface area contributed by atoms with Crippen molar-refractivity contribution in [2.45, 2.75) is 38.5 Å². The van der Waals surface area contributed by atoms with Gasteiger partial charge in [0.05, 0.1) is 40.7 Å². The Bertz CT molecular complexity index is 1830. The number of carbonyl (C=O) groups is 2. The lowest BCUT2D eigenvalue weighted by atomic mass is 9.92. The lowest BCUT2D eigenvalue weighted by Crippen LogP contribution is -2.20. The molecule has 6 rings (SSSR count). The maximum Gasteiger partial charge on any atom is 0.435 e. The Morgan fingerprint density at radius 3 is 2.60 bits per heavy atom. The Balaban J connectivity index is 1.34. The van der Waals surface area contributed by atoms with Crippen LogP contribution in [-0.2, 0) is 12.6 Å². The van der Waals surface area contributed by atoms with Gasteiger partial charge in [0.1, 0.15) is 11.9 Å². The minimum atomic E-state index is -4.70. The molecule has 1 atom stereocenters. The molecular formula is C29H23F3N6O4. The van der Waals surface area contributed by atoms with E-state index < -0.39 is 29.9 Å². The highest BCUT2D eigenvalue weighted by atomic mass is 19.4. The highest BCUT2D eigenvalue weighted by molar-refractivity contribution is 6.04. The Labute approximate surface area is 236 Å². The van der Waals surface area contributed by atoms with Gasteiger partial charge in [-0.2, -0.15) is 23.4 Å². The van der Waals surface area contributed by atoms with E-state index in [-0.39, 0.29) is 34.5 Å². The number of carboxylic acids is 1. The van der Waals surface area contributed by atoms with Gasteiger partial charge in [-0.15, -0.1) is 0 Å². The van der Waals surface area contributed by atoms with Crippen LogP contribution >= 0.6 is 0 Å². The molecular weight excluding hydrogens is 553 g/mol. The number of nitrogens with zero attached hydrogens (tertiary/aromatic N) is 5. The van der Waals surface area contributed by atoms with Crippen molar-refractivity contribution in [2.75, 3.05) is 5.32 Å². The second kappa shape index (κ2) is 10.3. The fraction of sp³-hybridized carbons (Fsp3) is 0.207. The van der Waals surface area contributed by atoms with Gasteiger partial charge in [0.2, 0.25) is 0 Å². The van der Waals surface area contributed by atoms with Crippen LogP contribution < -0.4 is 10.1 Å². The quantitative estimate of drug-likeness (QED) is 0.268. The number of benzene rings is 2. The van der Waals surface area contributed by atoms with Crippen molar-refractivity contribution in [3.63, 3.8) is 0 Å². The lowest BCUT2D eigenvalue weighted by Gasteiger charge is -2.26. The summed E-state index contributed by atoms with van der Waals surface area (Å²) in [7, 11) is 0. The average molecular weight is 577 g/mol. The van der Waals surface area contributed by atoms with Gasteiger partial charge in [0.25, 0.3) is 5.91 Å². The molecule has 2 N–H and O–H groups in total. The Hall–Kier alpha value is -5.20. The van der Waals surface area contributed by atoms with Crippen LogP contribution in [0.4, 0.5) is 18.9 Å². The predicted octanol–water partition coefficient (Wildman–Crippen LogP) is 5.65. The lowest BCUT2D eigenvalue weighted by molar-refractivity contribution is -0.142. The van der Waals surface area contributed by atoms with E-state index in [1.54, 1.807) is 30.5 Å². The third kappa shape index (κ3) is 5.16. The van der Waals surface area contributed by atoms with E-state index in [0.717, 1.165) is 5.69 Å². The summed E-state index contributed by atoms with van der Waals surface area (Å²) in [5.74, 6) is -1.29. The van der Waals surface area contributed by atoms with Crippen LogP contribution in [0.5, 0.6) is 5.75 Å². The van der Waals surface area contributed by atoms with Crippen molar-refractivity contribution in [3.8, 4) is 11.4 Å². The molecule has 0 saturated heterocycles. The van der Waals surface area contributed by atoms with E-state index in [9.17, 15) is 22.8 Å². The molecule has 1 unspecified atom stereocenters. The molecule has 0 spiro atoms. The first-order valence-electron chi connectivity index (χ1n) is 13.0. The number of halogens is 3. The number of hydrogen-bond acceptors (Lipinski definition) is 6. The van der Waals surface area contributed by atoms with E-state index in [0.29, 0.717) is 29.9 Å². The number of hydrogen-bond donors (Lipinski definition) is 2. The molecule has 3 heterocycles. The first-order chi connectivity index (χ1) is 20.1. The van der Waals surface area contributed by atoms with Gasteiger partial charge in [0, 0.05) is 17.2 Å². The highest BCUT2D eigenvalue weighted by Crippen LogP contribution is 2.42. The molecule has 1 amide bonds. The topological polar surface area (TPSA) is 124 Å². The second-order valence-corrected chi connectivity index (χ2v) is 9.89. The molecule has 0 saturated carbocycles. The number of anilines is 1. The van der Waals surface area contributed by atoms with E-state index in [4.69, 9.17) is 9.84 Å². The van der Waals surface area contributed by atoms with Crippen LogP contribution in [0, 0.1) is 6.92 Å². The number of aryl methyl sites for hydroxylation is 1. The number of ether oxygens (including phenoxy) is 1. The van der Waals surface area contributed by atoms with Crippen LogP contribution in [0.1, 0.15) is 62.3 Å². The molecule has 5 aromatic rings. The summed E-state index contributed by atoms with van der Waals surface area (Å²) in [6.45, 7) is 1.82. The van der Waals surface area contributed by atoms with Crippen molar-refractivity contribution >= 4 is 23.2 Å². The summed E-state index contributed by atoms with van der Waals surface area (Å²) < 4.78 is 51.1. The summed E-state index contributed by atoms with van der Waals surface area (Å²) >= 11 is 0. The van der Waals surface area contributed by atoms with Gasteiger partial charge in [-0.05, 0) is 68.7 Å². The maximum atomic E-state index is 14.1. The van der Waals surface area contributed by atoms with Gasteiger partial charge in [-0.25, -0.2) is 19.0 Å². The van der Waals surface area contributed by atoms with Crippen LogP contribution in [-0.4, -0.2) is 41.4 Å². The van der Waals surface area contributed by atoms with Gasteiger partial charge >= 0.3 is 12.1 Å². The molecule has 1 aliphatic carbocycles. The number of fused-ring (bicyclic) bond motifs is 2. The summed E-state index contributed by atoms with van der Waals surface area (Å²) in [6, 6.07) is 13.6. The third-order valence-corrected chi connectivity index (χ3v) is 6.92. The first-order valence-corrected chi connectivity index (χ1v) is 13.0. The summed E-state index contributed by atoms with van der Waals surface area (Å²) in [5.41, 5.74) is 1.53. The first kappa shape index (κ1) is 27.0. The molecule has 2 aromatic carbocycles. The molecule has 13 heteroatoms. The van der Waals surface area contributed by atoms with E-state index in [1.165, 1.54) is 45.7 Å². The zero-order valence-corrected chi connectivity index (χ0v) is 22.1. The fourth-order valence-electron chi connectivity index (χ4n) is 5.06. The predicted molar refractivity (Wildman–Crippen MR) is 144 cm³/mol. The number of rotatable bonds is 6. The number of amides is 1. The van der Waals surface area contributed by atoms with Gasteiger partial charge < -0.3 is 15.2 Å². The average Bonchev–Trinajstić information content (AvgIpc) is 3.54. The number of nitrogens with one attached hydrogen (secondary N) is 1. The molecule has 0 bridgehead atoms. The molecule has 0 fully saturated rings. The standard InChI is InChI=1S/C29H23F3N6O4/c1-16-12-24-33-14-19(15-37(24)35-16)34-27(39)18-4-2-5-20(13-18)38-25-22(26(36-38)29(30,31)32)6-3-7-23(25)42-21-10-8-17(9-11-21)28(40)41/h2,4-5,8-15,23H,3,6-7H2,1H3,(H,34,39)(H,40,41). The van der Waals surface area contributed by atoms with Gasteiger partial charge in [-0.3, -0.25) is 4.79 Å². The van der Waals surface area contributed by atoms with Crippen molar-refractivity contribution in [3.05, 3.63) is 101 Å². The number of aromatic carboxylic acids is 1. The number of carbonyl (C=O) groups excluding carboxylic acids is 1.